The van der Waals surface area contributed by atoms with Crippen LogP contribution in [0.15, 0.2) is 28.7 Å². The first kappa shape index (κ1) is 13.9. The number of carboxylic acids is 1. The number of furan rings is 1. The normalized spacial score (nSPS) is 11.3. The van der Waals surface area contributed by atoms with Crippen molar-refractivity contribution in [1.82, 2.24) is 0 Å². The summed E-state index contributed by atoms with van der Waals surface area (Å²) in [5.41, 5.74) is 0.213. The molecule has 0 aliphatic rings. The van der Waals surface area contributed by atoms with Crippen molar-refractivity contribution in [2.45, 2.75) is 26.4 Å². The summed E-state index contributed by atoms with van der Waals surface area (Å²) in [5, 5.41) is 12.0. The van der Waals surface area contributed by atoms with Crippen LogP contribution in [-0.2, 0) is 4.74 Å². The molecule has 6 heteroatoms. The largest absolute Gasteiger partial charge is 0.475 e. The summed E-state index contributed by atoms with van der Waals surface area (Å²) in [6, 6.07) is 6.30. The SMILES string of the molecule is CC(C)(C)OC(=O)Nc1cccc2oc(C(=O)O)cc12. The smallest absolute Gasteiger partial charge is 0.412 e. The third kappa shape index (κ3) is 3.09. The second-order valence-electron chi connectivity index (χ2n) is 5.26. The van der Waals surface area contributed by atoms with Crippen LogP contribution in [-0.4, -0.2) is 22.8 Å². The van der Waals surface area contributed by atoms with Gasteiger partial charge >= 0.3 is 12.1 Å². The van der Waals surface area contributed by atoms with Gasteiger partial charge in [-0.25, -0.2) is 9.59 Å². The average Bonchev–Trinajstić information content (AvgIpc) is 2.71. The lowest BCUT2D eigenvalue weighted by atomic mass is 10.2. The van der Waals surface area contributed by atoms with Gasteiger partial charge in [0.2, 0.25) is 5.76 Å². The van der Waals surface area contributed by atoms with Crippen molar-refractivity contribution in [2.75, 3.05) is 5.32 Å². The number of aromatic carboxylic acids is 1. The molecule has 2 rings (SSSR count). The van der Waals surface area contributed by atoms with E-state index in [4.69, 9.17) is 14.3 Å². The molecule has 0 unspecified atom stereocenters. The molecule has 0 atom stereocenters. The van der Waals surface area contributed by atoms with E-state index in [-0.39, 0.29) is 5.76 Å². The molecule has 0 fully saturated rings. The zero-order valence-corrected chi connectivity index (χ0v) is 11.4. The fraction of sp³-hybridized carbons (Fsp3) is 0.286. The molecular weight excluding hydrogens is 262 g/mol. The van der Waals surface area contributed by atoms with Gasteiger partial charge in [0.05, 0.1) is 5.69 Å². The second-order valence-corrected chi connectivity index (χ2v) is 5.26. The Kier molecular flexibility index (Phi) is 3.40. The highest BCUT2D eigenvalue weighted by Gasteiger charge is 2.18. The van der Waals surface area contributed by atoms with Crippen molar-refractivity contribution >= 4 is 28.7 Å². The van der Waals surface area contributed by atoms with Gasteiger partial charge in [0.25, 0.3) is 0 Å². The first-order valence-electron chi connectivity index (χ1n) is 6.02. The quantitative estimate of drug-likeness (QED) is 0.877. The van der Waals surface area contributed by atoms with Gasteiger partial charge in [0.15, 0.2) is 0 Å². The molecule has 0 aliphatic heterocycles. The number of carbonyl (C=O) groups excluding carboxylic acids is 1. The number of benzene rings is 1. The maximum atomic E-state index is 11.7. The summed E-state index contributed by atoms with van der Waals surface area (Å²) in [7, 11) is 0. The van der Waals surface area contributed by atoms with Gasteiger partial charge in [0, 0.05) is 11.5 Å². The number of anilines is 1. The minimum atomic E-state index is -1.16. The molecular formula is C14H15NO5. The maximum absolute atomic E-state index is 11.7. The van der Waals surface area contributed by atoms with Crippen molar-refractivity contribution in [3.63, 3.8) is 0 Å². The Morgan fingerprint density at radius 3 is 2.60 bits per heavy atom. The Hall–Kier alpha value is -2.50. The highest BCUT2D eigenvalue weighted by atomic mass is 16.6. The van der Waals surface area contributed by atoms with E-state index in [0.717, 1.165) is 0 Å². The van der Waals surface area contributed by atoms with Gasteiger partial charge in [0.1, 0.15) is 11.2 Å². The fourth-order valence-corrected chi connectivity index (χ4v) is 1.69. The van der Waals surface area contributed by atoms with Crippen molar-refractivity contribution in [3.8, 4) is 0 Å². The van der Waals surface area contributed by atoms with Crippen LogP contribution in [0.4, 0.5) is 10.5 Å². The number of rotatable bonds is 2. The number of hydrogen-bond acceptors (Lipinski definition) is 4. The summed E-state index contributed by atoms with van der Waals surface area (Å²) in [5.74, 6) is -1.34. The van der Waals surface area contributed by atoms with Crippen LogP contribution in [0, 0.1) is 0 Å². The molecule has 0 bridgehead atoms. The van der Waals surface area contributed by atoms with E-state index in [9.17, 15) is 9.59 Å². The minimum absolute atomic E-state index is 0.182. The summed E-state index contributed by atoms with van der Waals surface area (Å²) >= 11 is 0. The van der Waals surface area contributed by atoms with Crippen LogP contribution in [0.3, 0.4) is 0 Å². The number of amides is 1. The van der Waals surface area contributed by atoms with E-state index in [1.807, 2.05) is 0 Å². The minimum Gasteiger partial charge on any atom is -0.475 e. The Bertz CT molecular complexity index is 666. The number of ether oxygens (including phenoxy) is 1. The van der Waals surface area contributed by atoms with Crippen LogP contribution >= 0.6 is 0 Å². The highest BCUT2D eigenvalue weighted by Crippen LogP contribution is 2.27. The van der Waals surface area contributed by atoms with Gasteiger partial charge < -0.3 is 14.3 Å². The van der Waals surface area contributed by atoms with Crippen LogP contribution in [0.25, 0.3) is 11.0 Å². The molecule has 106 valence electrons. The molecule has 0 spiro atoms. The summed E-state index contributed by atoms with van der Waals surface area (Å²) in [6.45, 7) is 5.27. The Morgan fingerprint density at radius 1 is 1.30 bits per heavy atom. The molecule has 0 saturated heterocycles. The number of carbonyl (C=O) groups is 2. The monoisotopic (exact) mass is 277 g/mol. The number of carboxylic acid groups (broad SMARTS) is 1. The Balaban J connectivity index is 2.30. The molecule has 0 radical (unpaired) electrons. The van der Waals surface area contributed by atoms with Crippen molar-refractivity contribution < 1.29 is 23.8 Å². The molecule has 2 aromatic rings. The first-order valence-corrected chi connectivity index (χ1v) is 6.02. The molecule has 20 heavy (non-hydrogen) atoms. The zero-order valence-electron chi connectivity index (χ0n) is 11.4. The third-order valence-corrected chi connectivity index (χ3v) is 2.41. The van der Waals surface area contributed by atoms with Crippen molar-refractivity contribution in [2.24, 2.45) is 0 Å². The third-order valence-electron chi connectivity index (χ3n) is 2.41. The number of fused-ring (bicyclic) bond motifs is 1. The lowest BCUT2D eigenvalue weighted by Crippen LogP contribution is -2.27. The van der Waals surface area contributed by atoms with E-state index in [1.54, 1.807) is 39.0 Å². The molecule has 0 aliphatic carbocycles. The molecule has 1 aromatic heterocycles. The second kappa shape index (κ2) is 4.88. The molecule has 1 heterocycles. The molecule has 1 amide bonds. The molecule has 1 aromatic carbocycles. The van der Waals surface area contributed by atoms with Gasteiger partial charge in [-0.15, -0.1) is 0 Å². The zero-order chi connectivity index (χ0) is 14.9. The number of nitrogens with one attached hydrogen (secondary N) is 1. The number of hydrogen-bond donors (Lipinski definition) is 2. The predicted molar refractivity (Wildman–Crippen MR) is 73.0 cm³/mol. The summed E-state index contributed by atoms with van der Waals surface area (Å²) < 4.78 is 10.3. The van der Waals surface area contributed by atoms with Gasteiger partial charge in [-0.1, -0.05) is 6.07 Å². The lowest BCUT2D eigenvalue weighted by molar-refractivity contribution is 0.0633. The Morgan fingerprint density at radius 2 is 2.00 bits per heavy atom. The predicted octanol–water partition coefficient (Wildman–Crippen LogP) is 3.48. The van der Waals surface area contributed by atoms with Crippen molar-refractivity contribution in [1.29, 1.82) is 0 Å². The molecule has 6 nitrogen and oxygen atoms in total. The lowest BCUT2D eigenvalue weighted by Gasteiger charge is -2.19. The van der Waals surface area contributed by atoms with Gasteiger partial charge in [-0.05, 0) is 32.9 Å². The average molecular weight is 277 g/mol. The Labute approximate surface area is 115 Å². The van der Waals surface area contributed by atoms with Gasteiger partial charge in [-0.3, -0.25) is 5.32 Å². The fourth-order valence-electron chi connectivity index (χ4n) is 1.69. The highest BCUT2D eigenvalue weighted by molar-refractivity contribution is 6.01. The van der Waals surface area contributed by atoms with Crippen LogP contribution in [0.1, 0.15) is 31.3 Å². The maximum Gasteiger partial charge on any atom is 0.412 e. The van der Waals surface area contributed by atoms with E-state index in [1.165, 1.54) is 6.07 Å². The molecule has 0 saturated carbocycles. The van der Waals surface area contributed by atoms with Crippen LogP contribution < -0.4 is 5.32 Å². The van der Waals surface area contributed by atoms with E-state index < -0.39 is 17.7 Å². The standard InChI is InChI=1S/C14H15NO5/c1-14(2,3)20-13(18)15-9-5-4-6-10-8(9)7-11(19-10)12(16)17/h4-7H,1-3H3,(H,15,18)(H,16,17). The summed E-state index contributed by atoms with van der Waals surface area (Å²) in [6.07, 6.45) is -0.608. The van der Waals surface area contributed by atoms with E-state index in [2.05, 4.69) is 5.32 Å². The van der Waals surface area contributed by atoms with Crippen LogP contribution in [0.5, 0.6) is 0 Å². The topological polar surface area (TPSA) is 88.8 Å². The van der Waals surface area contributed by atoms with E-state index in [0.29, 0.717) is 16.7 Å². The van der Waals surface area contributed by atoms with Crippen LogP contribution in [0.2, 0.25) is 0 Å². The van der Waals surface area contributed by atoms with Crippen molar-refractivity contribution in [3.05, 3.63) is 30.0 Å². The van der Waals surface area contributed by atoms with E-state index >= 15 is 0 Å². The molecule has 2 N–H and O–H groups in total. The first-order chi connectivity index (χ1) is 9.26. The van der Waals surface area contributed by atoms with Gasteiger partial charge in [-0.2, -0.15) is 0 Å². The summed E-state index contributed by atoms with van der Waals surface area (Å²) in [4.78, 5) is 22.6.